The Morgan fingerprint density at radius 3 is 2.21 bits per heavy atom. The summed E-state index contributed by atoms with van der Waals surface area (Å²) in [6.07, 6.45) is 3.02. The first kappa shape index (κ1) is 16.2. The summed E-state index contributed by atoms with van der Waals surface area (Å²) < 4.78 is 0. The summed E-state index contributed by atoms with van der Waals surface area (Å²) in [4.78, 5) is 23.4. The van der Waals surface area contributed by atoms with Crippen molar-refractivity contribution >= 4 is 5.97 Å². The third-order valence-electron chi connectivity index (χ3n) is 4.45. The SMILES string of the molecule is C=CC(=O)OOC(C)C1CC(C)(C)N(C)C(C)(C)C1. The van der Waals surface area contributed by atoms with Gasteiger partial charge in [-0.2, -0.15) is 4.89 Å². The Kier molecular flexibility index (Phi) is 4.80. The third-order valence-corrected chi connectivity index (χ3v) is 4.45. The van der Waals surface area contributed by atoms with Gasteiger partial charge in [0.25, 0.3) is 0 Å². The Hall–Kier alpha value is -0.870. The molecule has 0 aromatic carbocycles. The van der Waals surface area contributed by atoms with Crippen molar-refractivity contribution in [2.24, 2.45) is 5.92 Å². The van der Waals surface area contributed by atoms with Crippen LogP contribution in [0.3, 0.4) is 0 Å². The van der Waals surface area contributed by atoms with E-state index in [2.05, 4.69) is 46.2 Å². The molecule has 1 aliphatic rings. The van der Waals surface area contributed by atoms with E-state index >= 15 is 0 Å². The number of hydrogen-bond donors (Lipinski definition) is 0. The van der Waals surface area contributed by atoms with Crippen molar-refractivity contribution < 1.29 is 14.6 Å². The summed E-state index contributed by atoms with van der Waals surface area (Å²) in [5, 5.41) is 0. The molecule has 0 spiro atoms. The van der Waals surface area contributed by atoms with E-state index in [1.807, 2.05) is 6.92 Å². The molecule has 0 aromatic heterocycles. The van der Waals surface area contributed by atoms with Crippen molar-refractivity contribution in [3.63, 3.8) is 0 Å². The first-order valence-corrected chi connectivity index (χ1v) is 6.84. The normalized spacial score (nSPS) is 24.7. The Morgan fingerprint density at radius 2 is 1.79 bits per heavy atom. The molecular weight excluding hydrogens is 242 g/mol. The molecule has 0 aromatic rings. The van der Waals surface area contributed by atoms with Crippen molar-refractivity contribution in [3.05, 3.63) is 12.7 Å². The molecule has 1 rings (SSSR count). The molecule has 19 heavy (non-hydrogen) atoms. The maximum Gasteiger partial charge on any atom is 0.365 e. The number of rotatable bonds is 4. The second-order valence-corrected chi connectivity index (χ2v) is 6.76. The van der Waals surface area contributed by atoms with Crippen LogP contribution in [0, 0.1) is 5.92 Å². The number of likely N-dealkylation sites (tertiary alicyclic amines) is 1. The minimum Gasteiger partial charge on any atom is -0.296 e. The lowest BCUT2D eigenvalue weighted by Crippen LogP contribution is -2.59. The molecule has 1 atom stereocenters. The molecule has 0 saturated carbocycles. The van der Waals surface area contributed by atoms with Gasteiger partial charge in [-0.25, -0.2) is 4.79 Å². The molecule has 0 amide bonds. The average Bonchev–Trinajstić information content (AvgIpc) is 2.31. The Balaban J connectivity index is 2.68. The fourth-order valence-electron chi connectivity index (χ4n) is 3.02. The lowest BCUT2D eigenvalue weighted by atomic mass is 9.72. The van der Waals surface area contributed by atoms with Crippen LogP contribution in [0.1, 0.15) is 47.5 Å². The minimum absolute atomic E-state index is 0.104. The van der Waals surface area contributed by atoms with Gasteiger partial charge in [0.1, 0.15) is 6.10 Å². The van der Waals surface area contributed by atoms with Gasteiger partial charge in [-0.05, 0) is 60.4 Å². The van der Waals surface area contributed by atoms with Crippen LogP contribution >= 0.6 is 0 Å². The standard InChI is InChI=1S/C15H27NO3/c1-8-13(17)19-18-11(2)12-9-14(3,4)16(7)15(5,6)10-12/h8,11-12H,1,9-10H2,2-7H3. The van der Waals surface area contributed by atoms with Gasteiger partial charge < -0.3 is 0 Å². The topological polar surface area (TPSA) is 38.8 Å². The molecule has 0 radical (unpaired) electrons. The Morgan fingerprint density at radius 1 is 1.32 bits per heavy atom. The number of nitrogens with zero attached hydrogens (tertiary/aromatic N) is 1. The predicted octanol–water partition coefficient (Wildman–Crippen LogP) is 2.93. The summed E-state index contributed by atoms with van der Waals surface area (Å²) >= 11 is 0. The highest BCUT2D eigenvalue weighted by atomic mass is 17.2. The number of piperidine rings is 1. The lowest BCUT2D eigenvalue weighted by Gasteiger charge is -2.54. The van der Waals surface area contributed by atoms with E-state index in [1.165, 1.54) is 0 Å². The molecule has 0 bridgehead atoms. The zero-order valence-corrected chi connectivity index (χ0v) is 13.0. The molecule has 1 saturated heterocycles. The van der Waals surface area contributed by atoms with Crippen LogP contribution in [-0.2, 0) is 14.6 Å². The van der Waals surface area contributed by atoms with Crippen LogP contribution in [0.4, 0.5) is 0 Å². The largest absolute Gasteiger partial charge is 0.365 e. The van der Waals surface area contributed by atoms with E-state index in [-0.39, 0.29) is 17.2 Å². The van der Waals surface area contributed by atoms with Crippen molar-refractivity contribution in [2.75, 3.05) is 7.05 Å². The quantitative estimate of drug-likeness (QED) is 0.447. The number of carbonyl (C=O) groups is 1. The summed E-state index contributed by atoms with van der Waals surface area (Å²) in [7, 11) is 2.17. The van der Waals surface area contributed by atoms with Gasteiger partial charge >= 0.3 is 5.97 Å². The molecule has 110 valence electrons. The van der Waals surface area contributed by atoms with E-state index in [0.717, 1.165) is 18.9 Å². The first-order valence-electron chi connectivity index (χ1n) is 6.84. The Labute approximate surface area is 116 Å². The smallest absolute Gasteiger partial charge is 0.296 e. The van der Waals surface area contributed by atoms with Gasteiger partial charge in [0.2, 0.25) is 0 Å². The zero-order valence-electron chi connectivity index (χ0n) is 13.0. The van der Waals surface area contributed by atoms with E-state index in [4.69, 9.17) is 9.78 Å². The summed E-state index contributed by atoms with van der Waals surface area (Å²) in [5.74, 6) is -0.183. The maximum absolute atomic E-state index is 11.0. The molecule has 4 heteroatoms. The minimum atomic E-state index is -0.543. The van der Waals surface area contributed by atoms with E-state index in [1.54, 1.807) is 0 Å². The van der Waals surface area contributed by atoms with Crippen molar-refractivity contribution in [1.82, 2.24) is 4.90 Å². The highest BCUT2D eigenvalue weighted by Gasteiger charge is 2.45. The molecule has 1 aliphatic heterocycles. The number of hydrogen-bond acceptors (Lipinski definition) is 4. The molecule has 1 unspecified atom stereocenters. The third kappa shape index (κ3) is 3.80. The second-order valence-electron chi connectivity index (χ2n) is 6.76. The van der Waals surface area contributed by atoms with Crippen molar-refractivity contribution in [3.8, 4) is 0 Å². The monoisotopic (exact) mass is 269 g/mol. The van der Waals surface area contributed by atoms with E-state index < -0.39 is 5.97 Å². The van der Waals surface area contributed by atoms with Gasteiger partial charge in [-0.3, -0.25) is 9.79 Å². The highest BCUT2D eigenvalue weighted by Crippen LogP contribution is 2.41. The van der Waals surface area contributed by atoms with Crippen LogP contribution in [0.2, 0.25) is 0 Å². The van der Waals surface area contributed by atoms with Crippen LogP contribution in [0.25, 0.3) is 0 Å². The molecule has 0 aliphatic carbocycles. The van der Waals surface area contributed by atoms with Crippen LogP contribution in [0.15, 0.2) is 12.7 Å². The van der Waals surface area contributed by atoms with Crippen molar-refractivity contribution in [2.45, 2.75) is 64.6 Å². The zero-order chi connectivity index (χ0) is 14.8. The average molecular weight is 269 g/mol. The van der Waals surface area contributed by atoms with E-state index in [9.17, 15) is 4.79 Å². The van der Waals surface area contributed by atoms with Gasteiger partial charge in [0.15, 0.2) is 0 Å². The maximum atomic E-state index is 11.0. The fraction of sp³-hybridized carbons (Fsp3) is 0.800. The molecule has 0 N–H and O–H groups in total. The van der Waals surface area contributed by atoms with Crippen LogP contribution in [0.5, 0.6) is 0 Å². The number of carbonyl (C=O) groups excluding carboxylic acids is 1. The van der Waals surface area contributed by atoms with Gasteiger partial charge in [0.05, 0.1) is 0 Å². The van der Waals surface area contributed by atoms with Gasteiger partial charge in [-0.15, -0.1) is 0 Å². The van der Waals surface area contributed by atoms with Crippen molar-refractivity contribution in [1.29, 1.82) is 0 Å². The van der Waals surface area contributed by atoms with Gasteiger partial charge in [-0.1, -0.05) is 6.58 Å². The lowest BCUT2D eigenvalue weighted by molar-refractivity contribution is -0.303. The second kappa shape index (κ2) is 5.63. The van der Waals surface area contributed by atoms with Crippen LogP contribution in [-0.4, -0.2) is 35.1 Å². The summed E-state index contributed by atoms with van der Waals surface area (Å²) in [5.41, 5.74) is 0.207. The molecule has 1 heterocycles. The first-order chi connectivity index (χ1) is 8.60. The molecule has 4 nitrogen and oxygen atoms in total. The predicted molar refractivity (Wildman–Crippen MR) is 75.5 cm³/mol. The summed E-state index contributed by atoms with van der Waals surface area (Å²) in [6, 6.07) is 0. The molecular formula is C15H27NO3. The summed E-state index contributed by atoms with van der Waals surface area (Å²) in [6.45, 7) is 14.3. The Bertz CT molecular complexity index is 331. The van der Waals surface area contributed by atoms with E-state index in [0.29, 0.717) is 5.92 Å². The fourth-order valence-corrected chi connectivity index (χ4v) is 3.02. The van der Waals surface area contributed by atoms with Gasteiger partial charge in [0, 0.05) is 17.2 Å². The van der Waals surface area contributed by atoms with Crippen LogP contribution < -0.4 is 0 Å². The highest BCUT2D eigenvalue weighted by molar-refractivity contribution is 5.80. The molecule has 1 fully saturated rings.